The van der Waals surface area contributed by atoms with Crippen LogP contribution >= 0.6 is 12.6 Å². The van der Waals surface area contributed by atoms with E-state index in [1.807, 2.05) is 12.1 Å². The summed E-state index contributed by atoms with van der Waals surface area (Å²) in [6, 6.07) is 7.11. The molecule has 0 radical (unpaired) electrons. The number of hydrogen-bond acceptors (Lipinski definition) is 5. The first-order valence-corrected chi connectivity index (χ1v) is 9.10. The van der Waals surface area contributed by atoms with Gasteiger partial charge in [0, 0.05) is 33.5 Å². The minimum Gasteiger partial charge on any atom is -0.427 e. The Morgan fingerprint density at radius 3 is 2.04 bits per heavy atom. The zero-order valence-electron chi connectivity index (χ0n) is 15.8. The number of rotatable bonds is 5. The highest BCUT2D eigenvalue weighted by atomic mass is 32.1. The van der Waals surface area contributed by atoms with Crippen molar-refractivity contribution in [3.63, 3.8) is 0 Å². The Kier molecular flexibility index (Phi) is 5.91. The maximum atomic E-state index is 12.7. The van der Waals surface area contributed by atoms with E-state index in [0.29, 0.717) is 33.8 Å². The van der Waals surface area contributed by atoms with Crippen LogP contribution < -0.4 is 4.74 Å². The number of benzene rings is 1. The van der Waals surface area contributed by atoms with Crippen LogP contribution in [0.2, 0.25) is 0 Å². The normalized spacial score (nSPS) is 15.6. The van der Waals surface area contributed by atoms with E-state index in [1.54, 1.807) is 46.8 Å². The van der Waals surface area contributed by atoms with Gasteiger partial charge in [0.25, 0.3) is 0 Å². The lowest BCUT2D eigenvalue weighted by Gasteiger charge is -2.31. The molecule has 0 unspecified atom stereocenters. The Bertz CT molecular complexity index is 826. The highest BCUT2D eigenvalue weighted by Crippen LogP contribution is 2.39. The van der Waals surface area contributed by atoms with Crippen LogP contribution in [0.5, 0.6) is 5.75 Å². The van der Waals surface area contributed by atoms with Gasteiger partial charge in [-0.05, 0) is 38.5 Å². The zero-order valence-corrected chi connectivity index (χ0v) is 16.7. The van der Waals surface area contributed by atoms with Crippen LogP contribution in [0.3, 0.4) is 0 Å². The molecular formula is C21H24O4S. The van der Waals surface area contributed by atoms with Gasteiger partial charge >= 0.3 is 5.97 Å². The molecule has 1 aromatic rings. The van der Waals surface area contributed by atoms with Crippen molar-refractivity contribution in [2.75, 3.05) is 0 Å². The minimum atomic E-state index is -0.805. The third kappa shape index (κ3) is 3.98. The SMILES string of the molecule is CC1=C(C)C(=O)C(C(C)(C)CC(=O)Oc2ccc(CS)cc2)=C(C)C1=O. The van der Waals surface area contributed by atoms with Crippen molar-refractivity contribution >= 4 is 30.2 Å². The van der Waals surface area contributed by atoms with Gasteiger partial charge in [-0.1, -0.05) is 26.0 Å². The fourth-order valence-corrected chi connectivity index (χ4v) is 3.40. The maximum absolute atomic E-state index is 12.7. The molecule has 0 spiro atoms. The third-order valence-electron chi connectivity index (χ3n) is 4.79. The van der Waals surface area contributed by atoms with Gasteiger partial charge in [0.05, 0.1) is 6.42 Å². The summed E-state index contributed by atoms with van der Waals surface area (Å²) in [6.07, 6.45) is -0.000654. The van der Waals surface area contributed by atoms with Crippen molar-refractivity contribution in [3.8, 4) is 5.75 Å². The first-order valence-electron chi connectivity index (χ1n) is 8.47. The van der Waals surface area contributed by atoms with Crippen LogP contribution in [0, 0.1) is 5.41 Å². The van der Waals surface area contributed by atoms with Gasteiger partial charge in [0.1, 0.15) is 5.75 Å². The Labute approximate surface area is 159 Å². The second-order valence-electron chi connectivity index (χ2n) is 7.25. The molecule has 0 saturated heterocycles. The summed E-state index contributed by atoms with van der Waals surface area (Å²) in [4.78, 5) is 37.5. The largest absolute Gasteiger partial charge is 0.427 e. The number of Topliss-reactive ketones (excluding diaryl/α,β-unsaturated/α-hetero) is 2. The number of ketones is 2. The molecule has 0 amide bonds. The number of ether oxygens (including phenoxy) is 1. The predicted molar refractivity (Wildman–Crippen MR) is 104 cm³/mol. The topological polar surface area (TPSA) is 60.4 Å². The summed E-state index contributed by atoms with van der Waals surface area (Å²) in [5, 5.41) is 0. The van der Waals surface area contributed by atoms with E-state index in [9.17, 15) is 14.4 Å². The second kappa shape index (κ2) is 7.62. The van der Waals surface area contributed by atoms with Gasteiger partial charge < -0.3 is 4.74 Å². The molecule has 5 heteroatoms. The van der Waals surface area contributed by atoms with Crippen LogP contribution in [0.1, 0.15) is 46.6 Å². The molecule has 4 nitrogen and oxygen atoms in total. The monoisotopic (exact) mass is 372 g/mol. The number of esters is 1. The molecule has 26 heavy (non-hydrogen) atoms. The summed E-state index contributed by atoms with van der Waals surface area (Å²) < 4.78 is 5.39. The van der Waals surface area contributed by atoms with Gasteiger partial charge in [-0.25, -0.2) is 0 Å². The summed E-state index contributed by atoms with van der Waals surface area (Å²) in [7, 11) is 0. The average Bonchev–Trinajstić information content (AvgIpc) is 2.58. The molecule has 138 valence electrons. The molecule has 1 aliphatic rings. The lowest BCUT2D eigenvalue weighted by Crippen LogP contribution is -2.32. The minimum absolute atomic E-state index is 0.000654. The Balaban J connectivity index is 2.20. The van der Waals surface area contributed by atoms with Crippen LogP contribution in [0.4, 0.5) is 0 Å². The summed E-state index contributed by atoms with van der Waals surface area (Å²) >= 11 is 4.19. The number of hydrogen-bond donors (Lipinski definition) is 1. The molecule has 0 heterocycles. The molecule has 0 saturated carbocycles. The fraction of sp³-hybridized carbons (Fsp3) is 0.381. The van der Waals surface area contributed by atoms with E-state index in [4.69, 9.17) is 4.74 Å². The molecule has 0 bridgehead atoms. The van der Waals surface area contributed by atoms with Gasteiger partial charge in [0.15, 0.2) is 11.6 Å². The molecule has 1 aromatic carbocycles. The van der Waals surface area contributed by atoms with E-state index < -0.39 is 11.4 Å². The molecule has 1 aliphatic carbocycles. The predicted octanol–water partition coefficient (Wildman–Crippen LogP) is 4.24. The standard InChI is InChI=1S/C21H24O4S/c1-12-13(2)20(24)18(14(3)19(12)23)21(4,5)10-17(22)25-16-8-6-15(11-26)7-9-16/h6-9,26H,10-11H2,1-5H3. The Morgan fingerprint density at radius 2 is 1.50 bits per heavy atom. The third-order valence-corrected chi connectivity index (χ3v) is 5.15. The van der Waals surface area contributed by atoms with Crippen LogP contribution in [-0.2, 0) is 20.1 Å². The summed E-state index contributed by atoms with van der Waals surface area (Å²) in [5.41, 5.74) is 1.94. The number of carbonyl (C=O) groups is 3. The fourth-order valence-electron chi connectivity index (χ4n) is 3.19. The molecule has 0 N–H and O–H groups in total. The van der Waals surface area contributed by atoms with Crippen molar-refractivity contribution in [3.05, 3.63) is 52.1 Å². The van der Waals surface area contributed by atoms with Crippen LogP contribution in [0.25, 0.3) is 0 Å². The van der Waals surface area contributed by atoms with Gasteiger partial charge in [-0.15, -0.1) is 0 Å². The van der Waals surface area contributed by atoms with Crippen molar-refractivity contribution < 1.29 is 19.1 Å². The van der Waals surface area contributed by atoms with Gasteiger partial charge in [-0.2, -0.15) is 12.6 Å². The van der Waals surface area contributed by atoms with Gasteiger partial charge in [-0.3, -0.25) is 14.4 Å². The lowest BCUT2D eigenvalue weighted by atomic mass is 9.71. The second-order valence-corrected chi connectivity index (χ2v) is 7.56. The van der Waals surface area contributed by atoms with Crippen molar-refractivity contribution in [2.45, 2.75) is 46.8 Å². The zero-order chi connectivity index (χ0) is 19.6. The quantitative estimate of drug-likeness (QED) is 0.363. The smallest absolute Gasteiger partial charge is 0.312 e. The average molecular weight is 372 g/mol. The van der Waals surface area contributed by atoms with E-state index in [1.165, 1.54) is 0 Å². The van der Waals surface area contributed by atoms with E-state index in [2.05, 4.69) is 12.6 Å². The summed E-state index contributed by atoms with van der Waals surface area (Å²) in [6.45, 7) is 8.53. The van der Waals surface area contributed by atoms with Crippen molar-refractivity contribution in [2.24, 2.45) is 5.41 Å². The molecule has 0 aromatic heterocycles. The maximum Gasteiger partial charge on any atom is 0.312 e. The molecule has 0 fully saturated rings. The number of carbonyl (C=O) groups excluding carboxylic acids is 3. The van der Waals surface area contributed by atoms with Crippen LogP contribution in [0.15, 0.2) is 46.6 Å². The molecule has 2 rings (SSSR count). The van der Waals surface area contributed by atoms with Crippen LogP contribution in [-0.4, -0.2) is 17.5 Å². The van der Waals surface area contributed by atoms with E-state index >= 15 is 0 Å². The van der Waals surface area contributed by atoms with Crippen molar-refractivity contribution in [1.29, 1.82) is 0 Å². The number of thiol groups is 1. The first kappa shape index (κ1) is 20.2. The highest BCUT2D eigenvalue weighted by Gasteiger charge is 2.38. The van der Waals surface area contributed by atoms with E-state index in [-0.39, 0.29) is 18.0 Å². The highest BCUT2D eigenvalue weighted by molar-refractivity contribution is 7.79. The van der Waals surface area contributed by atoms with Gasteiger partial charge in [0.2, 0.25) is 0 Å². The molecule has 0 atom stereocenters. The molecule has 0 aliphatic heterocycles. The first-order chi connectivity index (χ1) is 12.1. The molecular weight excluding hydrogens is 348 g/mol. The Morgan fingerprint density at radius 1 is 0.962 bits per heavy atom. The number of allylic oxidation sites excluding steroid dienone is 4. The van der Waals surface area contributed by atoms with E-state index in [0.717, 1.165) is 5.56 Å². The van der Waals surface area contributed by atoms with Crippen molar-refractivity contribution in [1.82, 2.24) is 0 Å². The Hall–Kier alpha value is -2.14. The summed E-state index contributed by atoms with van der Waals surface area (Å²) in [5.74, 6) is 0.298. The lowest BCUT2D eigenvalue weighted by molar-refractivity contribution is -0.136.